The highest BCUT2D eigenvalue weighted by molar-refractivity contribution is 4.81. The highest BCUT2D eigenvalue weighted by Crippen LogP contribution is 2.14. The van der Waals surface area contributed by atoms with Crippen LogP contribution in [0.2, 0.25) is 0 Å². The fourth-order valence-electron chi connectivity index (χ4n) is 1.58. The van der Waals surface area contributed by atoms with Crippen molar-refractivity contribution in [3.05, 3.63) is 0 Å². The molecule has 0 aromatic carbocycles. The first-order valence-corrected chi connectivity index (χ1v) is 6.09. The Morgan fingerprint density at radius 1 is 1.40 bits per heavy atom. The first kappa shape index (κ1) is 14.9. The number of aliphatic hydroxyl groups excluding tert-OH is 1. The summed E-state index contributed by atoms with van der Waals surface area (Å²) in [5.41, 5.74) is 5.66. The Hall–Kier alpha value is -0.120. The molecule has 0 aromatic heterocycles. The molecule has 3 nitrogen and oxygen atoms in total. The molecule has 0 rings (SSSR count). The van der Waals surface area contributed by atoms with Gasteiger partial charge in [0, 0.05) is 11.6 Å². The summed E-state index contributed by atoms with van der Waals surface area (Å²) in [4.78, 5) is 2.35. The fraction of sp³-hybridized carbons (Fsp3) is 1.00. The van der Waals surface area contributed by atoms with Crippen molar-refractivity contribution in [3.63, 3.8) is 0 Å². The Bertz CT molecular complexity index is 158. The molecule has 0 amide bonds. The van der Waals surface area contributed by atoms with Crippen molar-refractivity contribution in [1.29, 1.82) is 0 Å². The molecule has 92 valence electrons. The largest absolute Gasteiger partial charge is 0.394 e. The third-order valence-electron chi connectivity index (χ3n) is 3.55. The van der Waals surface area contributed by atoms with E-state index in [2.05, 4.69) is 25.8 Å². The summed E-state index contributed by atoms with van der Waals surface area (Å²) < 4.78 is 0. The van der Waals surface area contributed by atoms with Crippen molar-refractivity contribution >= 4 is 0 Å². The predicted molar refractivity (Wildman–Crippen MR) is 65.9 cm³/mol. The van der Waals surface area contributed by atoms with Gasteiger partial charge >= 0.3 is 0 Å². The normalized spacial score (nSPS) is 17.8. The van der Waals surface area contributed by atoms with Crippen LogP contribution in [0.4, 0.5) is 0 Å². The lowest BCUT2D eigenvalue weighted by atomic mass is 9.92. The summed E-state index contributed by atoms with van der Waals surface area (Å²) in [5, 5.41) is 9.17. The van der Waals surface area contributed by atoms with E-state index in [0.29, 0.717) is 6.04 Å². The number of hydrogen-bond donors (Lipinski definition) is 2. The fourth-order valence-corrected chi connectivity index (χ4v) is 1.58. The van der Waals surface area contributed by atoms with Gasteiger partial charge in [0.25, 0.3) is 0 Å². The Morgan fingerprint density at radius 2 is 2.00 bits per heavy atom. The molecule has 0 radical (unpaired) electrons. The van der Waals surface area contributed by atoms with Crippen molar-refractivity contribution < 1.29 is 5.11 Å². The highest BCUT2D eigenvalue weighted by atomic mass is 16.3. The Kier molecular flexibility index (Phi) is 7.14. The van der Waals surface area contributed by atoms with E-state index < -0.39 is 0 Å². The van der Waals surface area contributed by atoms with Gasteiger partial charge in [-0.1, -0.05) is 13.8 Å². The highest BCUT2D eigenvalue weighted by Gasteiger charge is 2.21. The second-order valence-corrected chi connectivity index (χ2v) is 4.72. The van der Waals surface area contributed by atoms with Crippen LogP contribution in [-0.4, -0.2) is 41.8 Å². The molecule has 0 aliphatic carbocycles. The number of aliphatic hydroxyl groups is 1. The molecule has 0 aliphatic rings. The molecule has 0 heterocycles. The summed E-state index contributed by atoms with van der Waals surface area (Å²) in [7, 11) is 2.15. The summed E-state index contributed by atoms with van der Waals surface area (Å²) in [6.45, 7) is 7.63. The average molecular weight is 216 g/mol. The van der Waals surface area contributed by atoms with Gasteiger partial charge in [-0.2, -0.15) is 0 Å². The summed E-state index contributed by atoms with van der Waals surface area (Å²) in [6.07, 6.45) is 3.99. The quantitative estimate of drug-likeness (QED) is 0.648. The first-order valence-electron chi connectivity index (χ1n) is 6.09. The zero-order chi connectivity index (χ0) is 11.9. The van der Waals surface area contributed by atoms with Crippen LogP contribution >= 0.6 is 0 Å². The van der Waals surface area contributed by atoms with E-state index in [4.69, 9.17) is 10.8 Å². The number of hydrogen-bond acceptors (Lipinski definition) is 3. The SMILES string of the molecule is CCC(C)N(C)CCCC(N)(CC)CO. The van der Waals surface area contributed by atoms with Crippen molar-refractivity contribution in [2.45, 2.75) is 58.0 Å². The zero-order valence-electron chi connectivity index (χ0n) is 10.8. The monoisotopic (exact) mass is 216 g/mol. The maximum atomic E-state index is 9.17. The second kappa shape index (κ2) is 7.20. The van der Waals surface area contributed by atoms with Gasteiger partial charge in [-0.15, -0.1) is 0 Å². The topological polar surface area (TPSA) is 49.5 Å². The van der Waals surface area contributed by atoms with Gasteiger partial charge in [0.15, 0.2) is 0 Å². The maximum absolute atomic E-state index is 9.17. The smallest absolute Gasteiger partial charge is 0.0611 e. The second-order valence-electron chi connectivity index (χ2n) is 4.72. The third kappa shape index (κ3) is 5.50. The number of rotatable bonds is 8. The Labute approximate surface area is 94.6 Å². The van der Waals surface area contributed by atoms with Crippen molar-refractivity contribution in [2.75, 3.05) is 20.2 Å². The molecule has 0 aromatic rings. The van der Waals surface area contributed by atoms with E-state index in [1.807, 2.05) is 6.92 Å². The minimum Gasteiger partial charge on any atom is -0.394 e. The molecule has 0 fully saturated rings. The van der Waals surface area contributed by atoms with Gasteiger partial charge in [-0.3, -0.25) is 0 Å². The molecule has 0 aliphatic heterocycles. The van der Waals surface area contributed by atoms with E-state index in [1.54, 1.807) is 0 Å². The molecule has 0 saturated carbocycles. The molecule has 3 N–H and O–H groups in total. The lowest BCUT2D eigenvalue weighted by Gasteiger charge is -2.28. The van der Waals surface area contributed by atoms with Crippen LogP contribution in [0.3, 0.4) is 0 Å². The third-order valence-corrected chi connectivity index (χ3v) is 3.55. The van der Waals surface area contributed by atoms with Crippen LogP contribution in [0.15, 0.2) is 0 Å². The van der Waals surface area contributed by atoms with Gasteiger partial charge in [0.05, 0.1) is 6.61 Å². The lowest BCUT2D eigenvalue weighted by Crippen LogP contribution is -2.43. The van der Waals surface area contributed by atoms with Crippen LogP contribution in [0.1, 0.15) is 46.5 Å². The van der Waals surface area contributed by atoms with Crippen LogP contribution in [0.25, 0.3) is 0 Å². The molecular formula is C12H28N2O. The molecule has 0 saturated heterocycles. The van der Waals surface area contributed by atoms with Crippen LogP contribution in [0.5, 0.6) is 0 Å². The molecular weight excluding hydrogens is 188 g/mol. The Balaban J connectivity index is 3.78. The molecule has 0 spiro atoms. The van der Waals surface area contributed by atoms with Crippen molar-refractivity contribution in [3.8, 4) is 0 Å². The summed E-state index contributed by atoms with van der Waals surface area (Å²) in [6, 6.07) is 0.632. The van der Waals surface area contributed by atoms with Gasteiger partial charge in [0.2, 0.25) is 0 Å². The molecule has 3 heteroatoms. The lowest BCUT2D eigenvalue weighted by molar-refractivity contribution is 0.169. The van der Waals surface area contributed by atoms with Crippen LogP contribution < -0.4 is 5.73 Å². The van der Waals surface area contributed by atoms with Crippen molar-refractivity contribution in [2.24, 2.45) is 5.73 Å². The molecule has 15 heavy (non-hydrogen) atoms. The summed E-state index contributed by atoms with van der Waals surface area (Å²) >= 11 is 0. The minimum absolute atomic E-state index is 0.0938. The van der Waals surface area contributed by atoms with Gasteiger partial charge in [-0.05, 0) is 46.2 Å². The standard InChI is InChI=1S/C12H28N2O/c1-5-11(3)14(4)9-7-8-12(13,6-2)10-15/h11,15H,5-10,13H2,1-4H3. The van der Waals surface area contributed by atoms with Gasteiger partial charge in [0.1, 0.15) is 0 Å². The molecule has 0 bridgehead atoms. The van der Waals surface area contributed by atoms with E-state index in [9.17, 15) is 0 Å². The predicted octanol–water partition coefficient (Wildman–Crippen LogP) is 1.60. The minimum atomic E-state index is -0.365. The zero-order valence-corrected chi connectivity index (χ0v) is 10.8. The molecule has 2 atom stereocenters. The van der Waals surface area contributed by atoms with Crippen molar-refractivity contribution in [1.82, 2.24) is 4.90 Å². The average Bonchev–Trinajstić information content (AvgIpc) is 2.27. The number of nitrogens with zero attached hydrogens (tertiary/aromatic N) is 1. The van der Waals surface area contributed by atoms with E-state index in [-0.39, 0.29) is 12.1 Å². The summed E-state index contributed by atoms with van der Waals surface area (Å²) in [5.74, 6) is 0. The molecule has 2 unspecified atom stereocenters. The van der Waals surface area contributed by atoms with E-state index in [1.165, 1.54) is 6.42 Å². The number of nitrogens with two attached hydrogens (primary N) is 1. The van der Waals surface area contributed by atoms with Crippen LogP contribution in [-0.2, 0) is 0 Å². The van der Waals surface area contributed by atoms with Gasteiger partial charge < -0.3 is 15.7 Å². The first-order chi connectivity index (χ1) is 6.99. The van der Waals surface area contributed by atoms with Gasteiger partial charge in [-0.25, -0.2) is 0 Å². The Morgan fingerprint density at radius 3 is 2.40 bits per heavy atom. The van der Waals surface area contributed by atoms with E-state index in [0.717, 1.165) is 25.8 Å². The van der Waals surface area contributed by atoms with E-state index >= 15 is 0 Å². The maximum Gasteiger partial charge on any atom is 0.0611 e. The van der Waals surface area contributed by atoms with Crippen LogP contribution in [0, 0.1) is 0 Å².